The third-order valence-corrected chi connectivity index (χ3v) is 6.00. The molecule has 0 aliphatic carbocycles. The highest BCUT2D eigenvalue weighted by atomic mass is 19.1. The molecule has 2 saturated heterocycles. The molecule has 0 saturated carbocycles. The Morgan fingerprint density at radius 3 is 2.57 bits per heavy atom. The molecule has 2 amide bonds. The van der Waals surface area contributed by atoms with Gasteiger partial charge in [-0.25, -0.2) is 4.39 Å². The summed E-state index contributed by atoms with van der Waals surface area (Å²) in [6.07, 6.45) is 0. The zero-order valence-corrected chi connectivity index (χ0v) is 15.9. The topological polar surface area (TPSA) is 60.9 Å². The first kappa shape index (κ1) is 18.5. The number of halogens is 1. The first-order chi connectivity index (χ1) is 13.3. The van der Waals surface area contributed by atoms with E-state index in [9.17, 15) is 19.1 Å². The van der Waals surface area contributed by atoms with Crippen LogP contribution in [-0.2, 0) is 4.79 Å². The van der Waals surface area contributed by atoms with Crippen molar-refractivity contribution in [3.8, 4) is 5.75 Å². The largest absolute Gasteiger partial charge is 0.508 e. The Morgan fingerprint density at radius 1 is 1.11 bits per heavy atom. The number of fused-ring (bicyclic) bond motifs is 1. The van der Waals surface area contributed by atoms with E-state index in [1.165, 1.54) is 25.1 Å². The Labute approximate surface area is 163 Å². The van der Waals surface area contributed by atoms with E-state index in [0.29, 0.717) is 25.2 Å². The van der Waals surface area contributed by atoms with Crippen molar-refractivity contribution >= 4 is 11.8 Å². The van der Waals surface area contributed by atoms with Crippen molar-refractivity contribution in [3.63, 3.8) is 0 Å². The van der Waals surface area contributed by atoms with Crippen LogP contribution in [0.5, 0.6) is 5.75 Å². The quantitative estimate of drug-likeness (QED) is 0.868. The van der Waals surface area contributed by atoms with Gasteiger partial charge in [-0.05, 0) is 42.3 Å². The molecule has 0 spiro atoms. The molecule has 0 radical (unpaired) electrons. The van der Waals surface area contributed by atoms with Crippen molar-refractivity contribution in [1.82, 2.24) is 9.80 Å². The van der Waals surface area contributed by atoms with Crippen LogP contribution in [-0.4, -0.2) is 46.4 Å². The maximum absolute atomic E-state index is 13.8. The minimum absolute atomic E-state index is 0.0370. The van der Waals surface area contributed by atoms with Gasteiger partial charge in [-0.2, -0.15) is 0 Å². The number of carbonyl (C=O) groups excluding carboxylic acids is 2. The van der Waals surface area contributed by atoms with Gasteiger partial charge in [-0.15, -0.1) is 0 Å². The lowest BCUT2D eigenvalue weighted by atomic mass is 9.89. The molecule has 4 rings (SSSR count). The van der Waals surface area contributed by atoms with Gasteiger partial charge in [-0.3, -0.25) is 9.59 Å². The predicted octanol–water partition coefficient (Wildman–Crippen LogP) is 3.13. The van der Waals surface area contributed by atoms with Crippen molar-refractivity contribution in [2.45, 2.75) is 19.9 Å². The van der Waals surface area contributed by atoms with Gasteiger partial charge in [0.2, 0.25) is 5.91 Å². The molecule has 2 aliphatic heterocycles. The Hall–Kier alpha value is -2.89. The average molecular weight is 382 g/mol. The number of aromatic hydroxyl groups is 1. The smallest absolute Gasteiger partial charge is 0.254 e. The van der Waals surface area contributed by atoms with Gasteiger partial charge in [0, 0.05) is 44.0 Å². The fraction of sp³-hybridized carbons (Fsp3) is 0.364. The molecule has 3 atom stereocenters. The highest BCUT2D eigenvalue weighted by Gasteiger charge is 2.49. The highest BCUT2D eigenvalue weighted by molar-refractivity contribution is 5.95. The fourth-order valence-electron chi connectivity index (χ4n) is 4.58. The van der Waals surface area contributed by atoms with Gasteiger partial charge in [-0.1, -0.05) is 18.2 Å². The number of phenolic OH excluding ortho intramolecular Hbond substituents is 1. The highest BCUT2D eigenvalue weighted by Crippen LogP contribution is 2.45. The molecule has 2 aliphatic rings. The van der Waals surface area contributed by atoms with Crippen molar-refractivity contribution in [1.29, 1.82) is 0 Å². The molecule has 0 bridgehead atoms. The summed E-state index contributed by atoms with van der Waals surface area (Å²) in [5.41, 5.74) is 1.94. The summed E-state index contributed by atoms with van der Waals surface area (Å²) in [7, 11) is 0. The van der Waals surface area contributed by atoms with Crippen LogP contribution < -0.4 is 0 Å². The molecule has 6 heteroatoms. The monoisotopic (exact) mass is 382 g/mol. The maximum atomic E-state index is 13.8. The number of rotatable bonds is 2. The fourth-order valence-corrected chi connectivity index (χ4v) is 4.58. The molecule has 5 nitrogen and oxygen atoms in total. The Kier molecular flexibility index (Phi) is 4.57. The maximum Gasteiger partial charge on any atom is 0.254 e. The number of hydrogen-bond donors (Lipinski definition) is 1. The molecule has 0 aromatic heterocycles. The number of carbonyl (C=O) groups is 2. The van der Waals surface area contributed by atoms with E-state index in [1.54, 1.807) is 34.9 Å². The number of amides is 2. The molecular weight excluding hydrogens is 359 g/mol. The lowest BCUT2D eigenvalue weighted by Gasteiger charge is -2.29. The van der Waals surface area contributed by atoms with E-state index in [2.05, 4.69) is 0 Å². The summed E-state index contributed by atoms with van der Waals surface area (Å²) >= 11 is 0. The normalized spacial score (nSPS) is 23.8. The molecule has 146 valence electrons. The van der Waals surface area contributed by atoms with Crippen molar-refractivity contribution in [2.75, 3.05) is 19.6 Å². The second-order valence-corrected chi connectivity index (χ2v) is 7.81. The first-order valence-electron chi connectivity index (χ1n) is 9.46. The van der Waals surface area contributed by atoms with Gasteiger partial charge in [0.15, 0.2) is 0 Å². The summed E-state index contributed by atoms with van der Waals surface area (Å²) in [5.74, 6) is -0.174. The van der Waals surface area contributed by atoms with E-state index in [0.717, 1.165) is 11.1 Å². The van der Waals surface area contributed by atoms with E-state index < -0.39 is 0 Å². The standard InChI is InChI=1S/C22H23FN2O3/c1-13-6-7-16(9-20(13)27)22(28)24-10-17-11-25(14(2)26)21(19(17)12-24)15-4-3-5-18(23)8-15/h3-9,17,19,21,27H,10-12H2,1-2H3/t17-,19-,21-/m1/s1. The Morgan fingerprint density at radius 2 is 1.89 bits per heavy atom. The third kappa shape index (κ3) is 3.13. The lowest BCUT2D eigenvalue weighted by Crippen LogP contribution is -2.36. The number of likely N-dealkylation sites (tertiary alicyclic amines) is 2. The molecular formula is C22H23FN2O3. The predicted molar refractivity (Wildman–Crippen MR) is 102 cm³/mol. The molecule has 2 heterocycles. The van der Waals surface area contributed by atoms with Crippen LogP contribution >= 0.6 is 0 Å². The summed E-state index contributed by atoms with van der Waals surface area (Å²) in [6.45, 7) is 4.93. The molecule has 28 heavy (non-hydrogen) atoms. The van der Waals surface area contributed by atoms with Gasteiger partial charge in [0.25, 0.3) is 5.91 Å². The van der Waals surface area contributed by atoms with Gasteiger partial charge >= 0.3 is 0 Å². The van der Waals surface area contributed by atoms with Crippen molar-refractivity contribution in [2.24, 2.45) is 11.8 Å². The average Bonchev–Trinajstić information content (AvgIpc) is 3.21. The number of nitrogens with zero attached hydrogens (tertiary/aromatic N) is 2. The van der Waals surface area contributed by atoms with Crippen LogP contribution in [0.2, 0.25) is 0 Å². The number of hydrogen-bond acceptors (Lipinski definition) is 3. The zero-order valence-electron chi connectivity index (χ0n) is 15.9. The minimum atomic E-state index is -0.328. The van der Waals surface area contributed by atoms with Crippen molar-refractivity contribution < 1.29 is 19.1 Å². The summed E-state index contributed by atoms with van der Waals surface area (Å²) in [6, 6.07) is 11.1. The van der Waals surface area contributed by atoms with Gasteiger partial charge < -0.3 is 14.9 Å². The van der Waals surface area contributed by atoms with Crippen LogP contribution in [0, 0.1) is 24.6 Å². The van der Waals surface area contributed by atoms with Crippen LogP contribution in [0.1, 0.15) is 34.5 Å². The van der Waals surface area contributed by atoms with Crippen LogP contribution in [0.15, 0.2) is 42.5 Å². The van der Waals surface area contributed by atoms with E-state index in [1.807, 2.05) is 6.07 Å². The summed E-state index contributed by atoms with van der Waals surface area (Å²) in [5, 5.41) is 9.92. The van der Waals surface area contributed by atoms with Crippen LogP contribution in [0.25, 0.3) is 0 Å². The zero-order chi connectivity index (χ0) is 20.0. The molecule has 0 unspecified atom stereocenters. The second-order valence-electron chi connectivity index (χ2n) is 7.81. The number of phenols is 1. The molecule has 1 N–H and O–H groups in total. The number of aryl methyl sites for hydroxylation is 1. The Bertz CT molecular complexity index is 945. The van der Waals surface area contributed by atoms with E-state index in [4.69, 9.17) is 0 Å². The summed E-state index contributed by atoms with van der Waals surface area (Å²) in [4.78, 5) is 28.7. The van der Waals surface area contributed by atoms with E-state index in [-0.39, 0.29) is 41.3 Å². The molecule has 2 aromatic carbocycles. The summed E-state index contributed by atoms with van der Waals surface area (Å²) < 4.78 is 13.8. The molecule has 2 aromatic rings. The van der Waals surface area contributed by atoms with E-state index >= 15 is 0 Å². The SMILES string of the molecule is CC(=O)N1C[C@H]2CN(C(=O)c3ccc(C)c(O)c3)C[C@H]2[C@H]1c1cccc(F)c1. The van der Waals surface area contributed by atoms with Crippen molar-refractivity contribution in [3.05, 3.63) is 65.0 Å². The van der Waals surface area contributed by atoms with Crippen LogP contribution in [0.3, 0.4) is 0 Å². The lowest BCUT2D eigenvalue weighted by molar-refractivity contribution is -0.130. The van der Waals surface area contributed by atoms with Gasteiger partial charge in [0.05, 0.1) is 6.04 Å². The van der Waals surface area contributed by atoms with Gasteiger partial charge in [0.1, 0.15) is 11.6 Å². The third-order valence-electron chi connectivity index (χ3n) is 6.00. The first-order valence-corrected chi connectivity index (χ1v) is 9.46. The minimum Gasteiger partial charge on any atom is -0.508 e. The second kappa shape index (κ2) is 6.93. The Balaban J connectivity index is 1.60. The molecule has 2 fully saturated rings. The number of benzene rings is 2. The van der Waals surface area contributed by atoms with Crippen LogP contribution in [0.4, 0.5) is 4.39 Å².